The van der Waals surface area contributed by atoms with Crippen molar-refractivity contribution in [3.05, 3.63) is 23.0 Å². The van der Waals surface area contributed by atoms with E-state index in [0.717, 1.165) is 88.8 Å². The maximum atomic E-state index is 13.3. The minimum atomic E-state index is 0.197. The molecule has 3 fully saturated rings. The Morgan fingerprint density at radius 3 is 2.58 bits per heavy atom. The van der Waals surface area contributed by atoms with Crippen LogP contribution in [-0.2, 0) is 16.0 Å². The summed E-state index contributed by atoms with van der Waals surface area (Å²) in [6.07, 6.45) is 3.49. The number of hydrogen-bond acceptors (Lipinski definition) is 5. The molecule has 0 radical (unpaired) electrons. The molecule has 1 spiro atoms. The van der Waals surface area contributed by atoms with E-state index in [-0.39, 0.29) is 5.91 Å². The number of aromatic nitrogens is 1. The van der Waals surface area contributed by atoms with Gasteiger partial charge in [-0.05, 0) is 51.6 Å². The number of nitrogens with zero attached hydrogens (tertiary/aromatic N) is 4. The lowest BCUT2D eigenvalue weighted by atomic mass is 9.76. The summed E-state index contributed by atoms with van der Waals surface area (Å²) >= 11 is 0. The van der Waals surface area contributed by atoms with Crippen LogP contribution in [-0.4, -0.2) is 104 Å². The zero-order valence-corrected chi connectivity index (χ0v) is 19.9. The van der Waals surface area contributed by atoms with Gasteiger partial charge in [-0.3, -0.25) is 9.69 Å². The van der Waals surface area contributed by atoms with Crippen molar-refractivity contribution in [2.75, 3.05) is 73.2 Å². The highest BCUT2D eigenvalue weighted by molar-refractivity contribution is 5.95. The number of morpholine rings is 1. The molecular weight excluding hydrogens is 392 g/mol. The average Bonchev–Trinajstić information content (AvgIpc) is 3.22. The van der Waals surface area contributed by atoms with Crippen molar-refractivity contribution in [1.29, 1.82) is 0 Å². The summed E-state index contributed by atoms with van der Waals surface area (Å²) < 4.78 is 12.9. The number of aryl methyl sites for hydroxylation is 1. The summed E-state index contributed by atoms with van der Waals surface area (Å²) in [7, 11) is 4.00. The van der Waals surface area contributed by atoms with E-state index in [9.17, 15) is 4.79 Å². The number of methoxy groups -OCH3 is 1. The molecule has 1 amide bonds. The molecule has 4 heterocycles. The normalized spacial score (nSPS) is 24.9. The smallest absolute Gasteiger partial charge is 0.255 e. The van der Waals surface area contributed by atoms with Crippen LogP contribution in [0.4, 0.5) is 0 Å². The molecule has 1 unspecified atom stereocenters. The third kappa shape index (κ3) is 4.85. The van der Waals surface area contributed by atoms with Crippen molar-refractivity contribution >= 4 is 5.91 Å². The molecule has 1 aromatic heterocycles. The highest BCUT2D eigenvalue weighted by Crippen LogP contribution is 2.43. The monoisotopic (exact) mass is 432 g/mol. The molecule has 0 saturated carbocycles. The first kappa shape index (κ1) is 22.8. The number of piperidine rings is 1. The van der Waals surface area contributed by atoms with Crippen LogP contribution < -0.4 is 0 Å². The predicted octanol–water partition coefficient (Wildman–Crippen LogP) is 2.01. The highest BCUT2D eigenvalue weighted by atomic mass is 16.5. The molecular formula is C24H40N4O3. The summed E-state index contributed by atoms with van der Waals surface area (Å²) in [5, 5.41) is 0. The molecule has 3 aliphatic rings. The van der Waals surface area contributed by atoms with E-state index >= 15 is 0 Å². The molecule has 4 rings (SSSR count). The Kier molecular flexibility index (Phi) is 7.06. The molecule has 3 saturated heterocycles. The van der Waals surface area contributed by atoms with Crippen molar-refractivity contribution in [2.24, 2.45) is 5.41 Å². The average molecular weight is 433 g/mol. The van der Waals surface area contributed by atoms with Crippen LogP contribution in [0.2, 0.25) is 0 Å². The van der Waals surface area contributed by atoms with Crippen LogP contribution in [0.25, 0.3) is 0 Å². The lowest BCUT2D eigenvalue weighted by Crippen LogP contribution is -2.44. The van der Waals surface area contributed by atoms with Gasteiger partial charge >= 0.3 is 0 Å². The third-order valence-corrected chi connectivity index (χ3v) is 7.88. The summed E-state index contributed by atoms with van der Waals surface area (Å²) in [5.41, 5.74) is 3.43. The van der Waals surface area contributed by atoms with Gasteiger partial charge in [0.15, 0.2) is 0 Å². The molecule has 174 valence electrons. The van der Waals surface area contributed by atoms with Gasteiger partial charge in [-0.1, -0.05) is 0 Å². The van der Waals surface area contributed by atoms with E-state index in [4.69, 9.17) is 9.47 Å². The van der Waals surface area contributed by atoms with Crippen molar-refractivity contribution in [3.8, 4) is 0 Å². The van der Waals surface area contributed by atoms with Crippen molar-refractivity contribution < 1.29 is 14.3 Å². The number of likely N-dealkylation sites (N-methyl/N-ethyl adjacent to an activating group) is 1. The minimum Gasteiger partial charge on any atom is -0.383 e. The quantitative estimate of drug-likeness (QED) is 0.688. The standard InChI is InChI=1S/C24H40N4O3/c1-19-15-22(20(2)28(19)11-12-30-4)23(29)27-7-5-24(6-8-27)16-21(25(3)18-24)17-26-9-13-31-14-10-26/h15,21H,5-14,16-18H2,1-4H3. The van der Waals surface area contributed by atoms with Crippen molar-refractivity contribution in [2.45, 2.75) is 45.7 Å². The van der Waals surface area contributed by atoms with Gasteiger partial charge < -0.3 is 23.8 Å². The van der Waals surface area contributed by atoms with Crippen LogP contribution in [0.1, 0.15) is 41.0 Å². The Labute approximate surface area is 187 Å². The Bertz CT molecular complexity index is 763. The molecule has 31 heavy (non-hydrogen) atoms. The second kappa shape index (κ2) is 9.61. The van der Waals surface area contributed by atoms with Crippen LogP contribution in [0.15, 0.2) is 6.07 Å². The molecule has 0 aliphatic carbocycles. The topological polar surface area (TPSA) is 50.2 Å². The Morgan fingerprint density at radius 2 is 1.90 bits per heavy atom. The van der Waals surface area contributed by atoms with Gasteiger partial charge in [-0.15, -0.1) is 0 Å². The van der Waals surface area contributed by atoms with Crippen LogP contribution in [0.5, 0.6) is 0 Å². The van der Waals surface area contributed by atoms with Gasteiger partial charge in [-0.25, -0.2) is 0 Å². The fourth-order valence-corrected chi connectivity index (χ4v) is 5.93. The van der Waals surface area contributed by atoms with Crippen LogP contribution in [0.3, 0.4) is 0 Å². The second-order valence-electron chi connectivity index (χ2n) is 9.91. The van der Waals surface area contributed by atoms with E-state index in [0.29, 0.717) is 18.1 Å². The molecule has 0 N–H and O–H groups in total. The molecule has 3 aliphatic heterocycles. The molecule has 0 aromatic carbocycles. The summed E-state index contributed by atoms with van der Waals surface area (Å²) in [6.45, 7) is 13.5. The highest BCUT2D eigenvalue weighted by Gasteiger charge is 2.45. The lowest BCUT2D eigenvalue weighted by Gasteiger charge is -2.39. The zero-order valence-electron chi connectivity index (χ0n) is 19.9. The van der Waals surface area contributed by atoms with Crippen LogP contribution in [0, 0.1) is 19.3 Å². The lowest BCUT2D eigenvalue weighted by molar-refractivity contribution is 0.0283. The van der Waals surface area contributed by atoms with Crippen molar-refractivity contribution in [3.63, 3.8) is 0 Å². The third-order valence-electron chi connectivity index (χ3n) is 7.88. The number of carbonyl (C=O) groups is 1. The Hall–Kier alpha value is -1.41. The summed E-state index contributed by atoms with van der Waals surface area (Å²) in [4.78, 5) is 20.5. The molecule has 1 atom stereocenters. The first-order valence-corrected chi connectivity index (χ1v) is 11.9. The number of hydrogen-bond donors (Lipinski definition) is 0. The van der Waals surface area contributed by atoms with Gasteiger partial charge in [0.2, 0.25) is 0 Å². The SMILES string of the molecule is COCCn1c(C)cc(C(=O)N2CCC3(CC2)CC(CN2CCOCC2)N(C)C3)c1C. The van der Waals surface area contributed by atoms with E-state index < -0.39 is 0 Å². The Balaban J connectivity index is 1.35. The number of carbonyl (C=O) groups excluding carboxylic acids is 1. The van der Waals surface area contributed by atoms with Gasteiger partial charge in [0, 0.05) is 70.4 Å². The predicted molar refractivity (Wildman–Crippen MR) is 122 cm³/mol. The fourth-order valence-electron chi connectivity index (χ4n) is 5.93. The summed E-state index contributed by atoms with van der Waals surface area (Å²) in [5.74, 6) is 0.197. The summed E-state index contributed by atoms with van der Waals surface area (Å²) in [6, 6.07) is 2.68. The van der Waals surface area contributed by atoms with E-state index in [1.54, 1.807) is 7.11 Å². The number of likely N-dealkylation sites (tertiary alicyclic amines) is 2. The van der Waals surface area contributed by atoms with E-state index in [1.165, 1.54) is 6.42 Å². The molecule has 7 heteroatoms. The second-order valence-corrected chi connectivity index (χ2v) is 9.91. The number of rotatable bonds is 6. The fraction of sp³-hybridized carbons (Fsp3) is 0.792. The van der Waals surface area contributed by atoms with Gasteiger partial charge in [0.25, 0.3) is 5.91 Å². The molecule has 1 aromatic rings. The van der Waals surface area contributed by atoms with Gasteiger partial charge in [-0.2, -0.15) is 0 Å². The van der Waals surface area contributed by atoms with Gasteiger partial charge in [0.1, 0.15) is 0 Å². The van der Waals surface area contributed by atoms with E-state index in [1.807, 2.05) is 0 Å². The van der Waals surface area contributed by atoms with Gasteiger partial charge in [0.05, 0.1) is 25.4 Å². The van der Waals surface area contributed by atoms with Crippen molar-refractivity contribution in [1.82, 2.24) is 19.3 Å². The maximum absolute atomic E-state index is 13.3. The molecule has 7 nitrogen and oxygen atoms in total. The number of ether oxygens (including phenoxy) is 2. The molecule has 0 bridgehead atoms. The first-order valence-electron chi connectivity index (χ1n) is 11.9. The number of amides is 1. The Morgan fingerprint density at radius 1 is 1.19 bits per heavy atom. The minimum absolute atomic E-state index is 0.197. The maximum Gasteiger partial charge on any atom is 0.255 e. The first-order chi connectivity index (χ1) is 14.9. The zero-order chi connectivity index (χ0) is 22.0. The van der Waals surface area contributed by atoms with Crippen LogP contribution >= 0.6 is 0 Å². The van der Waals surface area contributed by atoms with E-state index in [2.05, 4.69) is 46.2 Å². The largest absolute Gasteiger partial charge is 0.383 e.